The first-order chi connectivity index (χ1) is 15.3. The molecule has 3 aromatic rings. The molecule has 2 N–H and O–H groups in total. The van der Waals surface area contributed by atoms with Gasteiger partial charge in [-0.2, -0.15) is 5.10 Å². The first kappa shape index (κ1) is 21.2. The lowest BCUT2D eigenvalue weighted by Gasteiger charge is -2.28. The van der Waals surface area contributed by atoms with Crippen LogP contribution in [0.25, 0.3) is 11.3 Å². The third-order valence-corrected chi connectivity index (χ3v) is 5.48. The van der Waals surface area contributed by atoms with Crippen molar-refractivity contribution < 1.29 is 14.0 Å². The van der Waals surface area contributed by atoms with Crippen LogP contribution >= 0.6 is 0 Å². The maximum Gasteiger partial charge on any atom is 0.264 e. The van der Waals surface area contributed by atoms with Gasteiger partial charge in [0.05, 0.1) is 5.69 Å². The molecular formula is C24H21FN4O3. The highest BCUT2D eigenvalue weighted by Gasteiger charge is 2.31. The zero-order valence-corrected chi connectivity index (χ0v) is 17.6. The summed E-state index contributed by atoms with van der Waals surface area (Å²) in [7, 11) is 1.60. The number of aromatic nitrogens is 2. The molecule has 0 saturated heterocycles. The molecule has 0 unspecified atom stereocenters. The number of hydrogen-bond acceptors (Lipinski definition) is 4. The summed E-state index contributed by atoms with van der Waals surface area (Å²) in [4.78, 5) is 38.2. The number of nitrogens with one attached hydrogen (secondary N) is 2. The maximum atomic E-state index is 13.4. The summed E-state index contributed by atoms with van der Waals surface area (Å²) in [5.41, 5.74) is 3.50. The number of halogens is 1. The molecule has 1 atom stereocenters. The van der Waals surface area contributed by atoms with Gasteiger partial charge < -0.3 is 10.2 Å². The Morgan fingerprint density at radius 1 is 1.12 bits per heavy atom. The Labute approximate surface area is 183 Å². The molecule has 0 saturated carbocycles. The van der Waals surface area contributed by atoms with Crippen molar-refractivity contribution in [2.24, 2.45) is 0 Å². The number of nitrogens with zero attached hydrogens (tertiary/aromatic N) is 2. The van der Waals surface area contributed by atoms with E-state index in [0.29, 0.717) is 22.5 Å². The highest BCUT2D eigenvalue weighted by Crippen LogP contribution is 2.34. The predicted octanol–water partition coefficient (Wildman–Crippen LogP) is 3.35. The molecule has 162 valence electrons. The summed E-state index contributed by atoms with van der Waals surface area (Å²) in [5.74, 6) is -1.35. The van der Waals surface area contributed by atoms with Crippen LogP contribution in [-0.2, 0) is 9.59 Å². The van der Waals surface area contributed by atoms with Crippen molar-refractivity contribution in [2.45, 2.75) is 19.3 Å². The number of benzene rings is 2. The second-order valence-electron chi connectivity index (χ2n) is 7.69. The summed E-state index contributed by atoms with van der Waals surface area (Å²) >= 11 is 0. The molecule has 32 heavy (non-hydrogen) atoms. The van der Waals surface area contributed by atoms with Crippen LogP contribution in [-0.4, -0.2) is 34.0 Å². The van der Waals surface area contributed by atoms with Crippen molar-refractivity contribution in [2.75, 3.05) is 12.4 Å². The van der Waals surface area contributed by atoms with E-state index in [2.05, 4.69) is 15.5 Å². The summed E-state index contributed by atoms with van der Waals surface area (Å²) < 4.78 is 13.4. The highest BCUT2D eigenvalue weighted by molar-refractivity contribution is 6.07. The molecule has 1 aliphatic heterocycles. The van der Waals surface area contributed by atoms with Crippen molar-refractivity contribution in [1.82, 2.24) is 15.1 Å². The van der Waals surface area contributed by atoms with Crippen molar-refractivity contribution in [1.29, 1.82) is 0 Å². The fourth-order valence-electron chi connectivity index (χ4n) is 3.62. The van der Waals surface area contributed by atoms with Crippen molar-refractivity contribution in [3.63, 3.8) is 0 Å². The Morgan fingerprint density at radius 2 is 1.88 bits per heavy atom. The Morgan fingerprint density at radius 3 is 2.56 bits per heavy atom. The first-order valence-electron chi connectivity index (χ1n) is 10.0. The zero-order chi connectivity index (χ0) is 22.8. The van der Waals surface area contributed by atoms with Gasteiger partial charge in [-0.15, -0.1) is 0 Å². The molecule has 0 radical (unpaired) electrons. The quantitative estimate of drug-likeness (QED) is 0.661. The standard InChI is InChI=1S/C24H21FN4O3/c1-14-3-4-16(20-9-10-22(30)28-27-20)11-21(14)26-24(32)19-13-29(2)23(31)12-18(19)15-5-7-17(25)8-6-15/h3-11,13,18H,12H2,1-2H3,(H,26,32)(H,28,30)/t18-/m0/s1. The summed E-state index contributed by atoms with van der Waals surface area (Å²) in [5, 5.41) is 9.35. The minimum atomic E-state index is -0.483. The van der Waals surface area contributed by atoms with E-state index in [1.54, 1.807) is 31.3 Å². The number of hydrogen-bond donors (Lipinski definition) is 2. The monoisotopic (exact) mass is 432 g/mol. The Bertz CT molecular complexity index is 1260. The third kappa shape index (κ3) is 4.34. The van der Waals surface area contributed by atoms with Crippen LogP contribution in [0, 0.1) is 12.7 Å². The average molecular weight is 432 g/mol. The number of aryl methyl sites for hydroxylation is 1. The molecule has 0 spiro atoms. The van der Waals surface area contributed by atoms with Gasteiger partial charge in [-0.3, -0.25) is 14.4 Å². The smallest absolute Gasteiger partial charge is 0.264 e. The molecule has 1 aromatic heterocycles. The van der Waals surface area contributed by atoms with Crippen LogP contribution in [0.4, 0.5) is 10.1 Å². The highest BCUT2D eigenvalue weighted by atomic mass is 19.1. The molecular weight excluding hydrogens is 411 g/mol. The molecule has 1 aliphatic rings. The van der Waals surface area contributed by atoms with Gasteiger partial charge in [-0.05, 0) is 42.3 Å². The molecule has 2 heterocycles. The summed E-state index contributed by atoms with van der Waals surface area (Å²) in [6.07, 6.45) is 1.64. The van der Waals surface area contributed by atoms with Gasteiger partial charge in [0.2, 0.25) is 5.91 Å². The van der Waals surface area contributed by atoms with Crippen LogP contribution in [0.2, 0.25) is 0 Å². The van der Waals surface area contributed by atoms with Crippen molar-refractivity contribution >= 4 is 17.5 Å². The van der Waals surface area contributed by atoms with Gasteiger partial charge in [0.25, 0.3) is 11.5 Å². The number of rotatable bonds is 4. The largest absolute Gasteiger partial charge is 0.322 e. The second-order valence-corrected chi connectivity index (χ2v) is 7.69. The average Bonchev–Trinajstić information content (AvgIpc) is 2.78. The number of anilines is 1. The number of H-pyrrole nitrogens is 1. The fourth-order valence-corrected chi connectivity index (χ4v) is 3.62. The van der Waals surface area contributed by atoms with Crippen LogP contribution in [0.15, 0.2) is 71.2 Å². The summed E-state index contributed by atoms with van der Waals surface area (Å²) in [6.45, 7) is 1.86. The zero-order valence-electron chi connectivity index (χ0n) is 17.6. The molecule has 0 bridgehead atoms. The van der Waals surface area contributed by atoms with Gasteiger partial charge >= 0.3 is 0 Å². The minimum Gasteiger partial charge on any atom is -0.322 e. The van der Waals surface area contributed by atoms with Crippen molar-refractivity contribution in [3.05, 3.63) is 93.7 Å². The van der Waals surface area contributed by atoms with Gasteiger partial charge in [-0.25, -0.2) is 9.49 Å². The van der Waals surface area contributed by atoms with E-state index < -0.39 is 5.92 Å². The summed E-state index contributed by atoms with van der Waals surface area (Å²) in [6, 6.07) is 14.3. The van der Waals surface area contributed by atoms with Crippen LogP contribution in [0.5, 0.6) is 0 Å². The van der Waals surface area contributed by atoms with E-state index in [-0.39, 0.29) is 29.6 Å². The number of aromatic amines is 1. The van der Waals surface area contributed by atoms with E-state index in [1.165, 1.54) is 29.3 Å². The topological polar surface area (TPSA) is 95.2 Å². The molecule has 7 nitrogen and oxygen atoms in total. The Kier molecular flexibility index (Phi) is 5.68. The number of carbonyl (C=O) groups is 2. The maximum absolute atomic E-state index is 13.4. The van der Waals surface area contributed by atoms with Crippen LogP contribution in [0.1, 0.15) is 23.5 Å². The van der Waals surface area contributed by atoms with Crippen LogP contribution in [0.3, 0.4) is 0 Å². The van der Waals surface area contributed by atoms with E-state index in [1.807, 2.05) is 19.1 Å². The SMILES string of the molecule is Cc1ccc(-c2ccc(=O)[nH]n2)cc1NC(=O)C1=CN(C)C(=O)C[C@H]1c1ccc(F)cc1. The number of carbonyl (C=O) groups excluding carboxylic acids is 2. The second kappa shape index (κ2) is 8.58. The molecule has 2 amide bonds. The molecule has 0 fully saturated rings. The fraction of sp³-hybridized carbons (Fsp3) is 0.167. The van der Waals surface area contributed by atoms with Gasteiger partial charge in [0.15, 0.2) is 0 Å². The number of amides is 2. The lowest BCUT2D eigenvalue weighted by atomic mass is 9.85. The minimum absolute atomic E-state index is 0.113. The van der Waals surface area contributed by atoms with E-state index >= 15 is 0 Å². The molecule has 8 heteroatoms. The van der Waals surface area contributed by atoms with E-state index in [4.69, 9.17) is 0 Å². The van der Waals surface area contributed by atoms with Gasteiger partial charge in [0.1, 0.15) is 5.82 Å². The molecule has 0 aliphatic carbocycles. The Hall–Kier alpha value is -4.07. The van der Waals surface area contributed by atoms with Gasteiger partial charge in [-0.1, -0.05) is 24.3 Å². The van der Waals surface area contributed by atoms with Crippen LogP contribution < -0.4 is 10.9 Å². The third-order valence-electron chi connectivity index (χ3n) is 5.48. The molecule has 2 aromatic carbocycles. The lowest BCUT2D eigenvalue weighted by Crippen LogP contribution is -2.33. The van der Waals surface area contributed by atoms with Gasteiger partial charge in [0, 0.05) is 48.5 Å². The molecule has 4 rings (SSSR count). The van der Waals surface area contributed by atoms with E-state index in [0.717, 1.165) is 11.1 Å². The predicted molar refractivity (Wildman–Crippen MR) is 118 cm³/mol. The van der Waals surface area contributed by atoms with Crippen molar-refractivity contribution in [3.8, 4) is 11.3 Å². The van der Waals surface area contributed by atoms with E-state index in [9.17, 15) is 18.8 Å². The first-order valence-corrected chi connectivity index (χ1v) is 10.0. The normalized spacial score (nSPS) is 16.0. The Balaban J connectivity index is 1.65. The lowest BCUT2D eigenvalue weighted by molar-refractivity contribution is -0.128.